The maximum Gasteiger partial charge on any atom is 0.0594 e. The highest BCUT2D eigenvalue weighted by Crippen LogP contribution is 2.39. The van der Waals surface area contributed by atoms with Gasteiger partial charge in [-0.2, -0.15) is 0 Å². The number of morpholine rings is 1. The van der Waals surface area contributed by atoms with E-state index in [4.69, 9.17) is 4.74 Å². The maximum absolute atomic E-state index is 5.46. The van der Waals surface area contributed by atoms with Gasteiger partial charge in [-0.05, 0) is 30.7 Å². The summed E-state index contributed by atoms with van der Waals surface area (Å²) in [7, 11) is 0. The van der Waals surface area contributed by atoms with E-state index in [1.54, 1.807) is 0 Å². The lowest BCUT2D eigenvalue weighted by molar-refractivity contribution is 0.00400. The van der Waals surface area contributed by atoms with Gasteiger partial charge in [0.05, 0.1) is 13.2 Å². The predicted octanol–water partition coefficient (Wildman–Crippen LogP) is 2.12. The summed E-state index contributed by atoms with van der Waals surface area (Å²) in [6.45, 7) is 12.3. The molecule has 0 amide bonds. The van der Waals surface area contributed by atoms with Gasteiger partial charge >= 0.3 is 0 Å². The van der Waals surface area contributed by atoms with Gasteiger partial charge in [-0.15, -0.1) is 0 Å². The summed E-state index contributed by atoms with van der Waals surface area (Å²) in [6, 6.07) is 0. The molecule has 1 aliphatic heterocycles. The fourth-order valence-corrected chi connectivity index (χ4v) is 3.39. The molecule has 106 valence electrons. The molecule has 0 aromatic rings. The van der Waals surface area contributed by atoms with Gasteiger partial charge in [0.2, 0.25) is 0 Å². The van der Waals surface area contributed by atoms with Crippen molar-refractivity contribution in [3.8, 4) is 0 Å². The van der Waals surface area contributed by atoms with E-state index >= 15 is 0 Å². The summed E-state index contributed by atoms with van der Waals surface area (Å²) in [5, 5.41) is 3.61. The van der Waals surface area contributed by atoms with Crippen LogP contribution in [-0.4, -0.2) is 50.8 Å². The Bertz CT molecular complexity index is 225. The summed E-state index contributed by atoms with van der Waals surface area (Å²) in [6.07, 6.45) is 5.63. The van der Waals surface area contributed by atoms with Gasteiger partial charge in [0, 0.05) is 26.2 Å². The Labute approximate surface area is 112 Å². The highest BCUT2D eigenvalue weighted by atomic mass is 16.5. The second-order valence-corrected chi connectivity index (χ2v) is 6.35. The van der Waals surface area contributed by atoms with Crippen LogP contribution in [0, 0.1) is 11.3 Å². The first kappa shape index (κ1) is 14.3. The molecule has 18 heavy (non-hydrogen) atoms. The van der Waals surface area contributed by atoms with Crippen LogP contribution in [0.1, 0.15) is 39.5 Å². The number of hydrogen-bond acceptors (Lipinski definition) is 3. The van der Waals surface area contributed by atoms with E-state index in [-0.39, 0.29) is 0 Å². The lowest BCUT2D eigenvalue weighted by atomic mass is 9.70. The largest absolute Gasteiger partial charge is 0.379 e. The van der Waals surface area contributed by atoms with Crippen LogP contribution in [0.3, 0.4) is 0 Å². The number of nitrogens with one attached hydrogen (secondary N) is 1. The van der Waals surface area contributed by atoms with E-state index in [1.165, 1.54) is 38.8 Å². The van der Waals surface area contributed by atoms with E-state index < -0.39 is 0 Å². The van der Waals surface area contributed by atoms with E-state index in [2.05, 4.69) is 24.1 Å². The second kappa shape index (κ2) is 6.88. The quantitative estimate of drug-likeness (QED) is 0.813. The molecule has 0 aromatic heterocycles. The fraction of sp³-hybridized carbons (Fsp3) is 1.00. The van der Waals surface area contributed by atoms with Crippen LogP contribution in [0.15, 0.2) is 0 Å². The molecule has 3 heteroatoms. The third-order valence-corrected chi connectivity index (χ3v) is 4.75. The van der Waals surface area contributed by atoms with Gasteiger partial charge in [-0.3, -0.25) is 4.90 Å². The molecule has 0 unspecified atom stereocenters. The van der Waals surface area contributed by atoms with Crippen LogP contribution < -0.4 is 5.32 Å². The minimum atomic E-state index is 0.528. The van der Waals surface area contributed by atoms with Crippen molar-refractivity contribution < 1.29 is 4.74 Å². The van der Waals surface area contributed by atoms with Crippen molar-refractivity contribution in [1.82, 2.24) is 10.2 Å². The summed E-state index contributed by atoms with van der Waals surface area (Å²) in [4.78, 5) is 2.62. The van der Waals surface area contributed by atoms with Crippen molar-refractivity contribution in [2.75, 3.05) is 45.9 Å². The van der Waals surface area contributed by atoms with Gasteiger partial charge in [-0.25, -0.2) is 0 Å². The van der Waals surface area contributed by atoms with E-state index in [0.29, 0.717) is 5.41 Å². The Morgan fingerprint density at radius 3 is 2.50 bits per heavy atom. The van der Waals surface area contributed by atoms with Gasteiger partial charge in [-0.1, -0.05) is 26.7 Å². The smallest absolute Gasteiger partial charge is 0.0594 e. The van der Waals surface area contributed by atoms with E-state index in [0.717, 1.165) is 38.8 Å². The zero-order valence-corrected chi connectivity index (χ0v) is 12.2. The van der Waals surface area contributed by atoms with Crippen molar-refractivity contribution in [2.45, 2.75) is 39.5 Å². The summed E-state index contributed by atoms with van der Waals surface area (Å²) in [5.41, 5.74) is 0.528. The lowest BCUT2D eigenvalue weighted by Gasteiger charge is -2.44. The molecule has 1 aliphatic carbocycles. The number of nitrogens with zero attached hydrogens (tertiary/aromatic N) is 1. The second-order valence-electron chi connectivity index (χ2n) is 6.35. The fourth-order valence-electron chi connectivity index (χ4n) is 3.39. The minimum absolute atomic E-state index is 0.528. The number of ether oxygens (including phenoxy) is 1. The Kier molecular flexibility index (Phi) is 5.46. The van der Waals surface area contributed by atoms with E-state index in [1.807, 2.05) is 0 Å². The third-order valence-electron chi connectivity index (χ3n) is 4.75. The Hall–Kier alpha value is -0.120. The average molecular weight is 254 g/mol. The molecule has 0 atom stereocenters. The van der Waals surface area contributed by atoms with Crippen molar-refractivity contribution in [2.24, 2.45) is 11.3 Å². The summed E-state index contributed by atoms with van der Waals surface area (Å²) >= 11 is 0. The molecular weight excluding hydrogens is 224 g/mol. The first-order valence-electron chi connectivity index (χ1n) is 7.75. The first-order chi connectivity index (χ1) is 8.74. The average Bonchev–Trinajstić information content (AvgIpc) is 2.41. The van der Waals surface area contributed by atoms with Crippen LogP contribution in [0.4, 0.5) is 0 Å². The van der Waals surface area contributed by atoms with Crippen molar-refractivity contribution in [3.05, 3.63) is 0 Å². The molecule has 1 saturated carbocycles. The lowest BCUT2D eigenvalue weighted by Crippen LogP contribution is -2.49. The molecule has 0 spiro atoms. The van der Waals surface area contributed by atoms with Crippen LogP contribution in [0.2, 0.25) is 0 Å². The Morgan fingerprint density at radius 1 is 1.22 bits per heavy atom. The molecule has 0 bridgehead atoms. The summed E-state index contributed by atoms with van der Waals surface area (Å²) in [5.74, 6) is 0.935. The van der Waals surface area contributed by atoms with Crippen molar-refractivity contribution in [3.63, 3.8) is 0 Å². The molecule has 1 heterocycles. The number of hydrogen-bond donors (Lipinski definition) is 1. The van der Waals surface area contributed by atoms with Gasteiger partial charge in [0.25, 0.3) is 0 Å². The SMILES string of the molecule is CCNCC1(CN2CCOCC2)CCC(C)CC1. The third kappa shape index (κ3) is 3.94. The molecule has 2 rings (SSSR count). The molecule has 2 aliphatic rings. The minimum Gasteiger partial charge on any atom is -0.379 e. The molecule has 2 fully saturated rings. The molecule has 1 saturated heterocycles. The highest BCUT2D eigenvalue weighted by molar-refractivity contribution is 4.89. The van der Waals surface area contributed by atoms with Crippen LogP contribution in [0.5, 0.6) is 0 Å². The molecule has 0 aromatic carbocycles. The highest BCUT2D eigenvalue weighted by Gasteiger charge is 2.35. The zero-order chi connectivity index (χ0) is 12.8. The predicted molar refractivity (Wildman–Crippen MR) is 75.9 cm³/mol. The molecule has 0 radical (unpaired) electrons. The maximum atomic E-state index is 5.46. The zero-order valence-electron chi connectivity index (χ0n) is 12.2. The van der Waals surface area contributed by atoms with Crippen LogP contribution in [-0.2, 0) is 4.74 Å². The topological polar surface area (TPSA) is 24.5 Å². The van der Waals surface area contributed by atoms with Gasteiger partial charge in [0.1, 0.15) is 0 Å². The van der Waals surface area contributed by atoms with Crippen molar-refractivity contribution in [1.29, 1.82) is 0 Å². The van der Waals surface area contributed by atoms with Crippen molar-refractivity contribution >= 4 is 0 Å². The summed E-state index contributed by atoms with van der Waals surface area (Å²) < 4.78 is 5.46. The van der Waals surface area contributed by atoms with Gasteiger partial charge < -0.3 is 10.1 Å². The van der Waals surface area contributed by atoms with Crippen LogP contribution >= 0.6 is 0 Å². The monoisotopic (exact) mass is 254 g/mol. The Balaban J connectivity index is 1.90. The Morgan fingerprint density at radius 2 is 1.89 bits per heavy atom. The molecule has 3 nitrogen and oxygen atoms in total. The first-order valence-corrected chi connectivity index (χ1v) is 7.75. The normalized spacial score (nSPS) is 34.7. The number of rotatable bonds is 5. The van der Waals surface area contributed by atoms with Crippen LogP contribution in [0.25, 0.3) is 0 Å². The standard InChI is InChI=1S/C15H30N2O/c1-3-16-12-15(6-4-14(2)5-7-15)13-17-8-10-18-11-9-17/h14,16H,3-13H2,1-2H3. The van der Waals surface area contributed by atoms with Gasteiger partial charge in [0.15, 0.2) is 0 Å². The molecule has 1 N–H and O–H groups in total. The molecular formula is C15H30N2O. The van der Waals surface area contributed by atoms with E-state index in [9.17, 15) is 0 Å².